The summed E-state index contributed by atoms with van der Waals surface area (Å²) in [6.07, 6.45) is 8.07. The van der Waals surface area contributed by atoms with E-state index in [4.69, 9.17) is 14.7 Å². The second kappa shape index (κ2) is 15.7. The van der Waals surface area contributed by atoms with Crippen LogP contribution >= 0.6 is 31.9 Å². The first kappa shape index (κ1) is 37.0. The molecule has 0 saturated carbocycles. The van der Waals surface area contributed by atoms with Gasteiger partial charge in [-0.05, 0) is 91.4 Å². The van der Waals surface area contributed by atoms with Crippen LogP contribution in [0.15, 0.2) is 136 Å². The molecule has 9 heteroatoms. The highest BCUT2D eigenvalue weighted by atomic mass is 79.9. The van der Waals surface area contributed by atoms with Crippen LogP contribution in [0.3, 0.4) is 0 Å². The van der Waals surface area contributed by atoms with Crippen molar-refractivity contribution < 1.29 is 9.53 Å². The highest BCUT2D eigenvalue weighted by molar-refractivity contribution is 9.13. The van der Waals surface area contributed by atoms with Crippen molar-refractivity contribution >= 4 is 84.2 Å². The maximum absolute atomic E-state index is 13.6. The van der Waals surface area contributed by atoms with Gasteiger partial charge in [-0.1, -0.05) is 121 Å². The van der Waals surface area contributed by atoms with E-state index in [1.807, 2.05) is 127 Å². The van der Waals surface area contributed by atoms with Crippen molar-refractivity contribution in [1.29, 1.82) is 5.26 Å². The van der Waals surface area contributed by atoms with Gasteiger partial charge in [-0.2, -0.15) is 5.26 Å². The number of H-pyrrole nitrogens is 2. The molecule has 7 aromatic rings. The maximum atomic E-state index is 13.6. The lowest BCUT2D eigenvalue weighted by Gasteiger charge is -2.10. The number of fused-ring (bicyclic) bond motifs is 8. The minimum Gasteiger partial charge on any atom is -0.465 e. The third kappa shape index (κ3) is 6.60. The van der Waals surface area contributed by atoms with Crippen LogP contribution in [-0.2, 0) is 9.53 Å². The Bertz CT molecular complexity index is 3000. The van der Waals surface area contributed by atoms with Gasteiger partial charge in [0, 0.05) is 33.3 Å². The molecule has 0 amide bonds. The number of benzene rings is 4. The molecule has 280 valence electrons. The molecular formula is C49H33Br2N5O2. The molecule has 1 atom stereocenters. The number of nitrogens with one attached hydrogen (secondary N) is 2. The fourth-order valence-electron chi connectivity index (χ4n) is 7.72. The number of ether oxygens (including phenoxy) is 1. The predicted octanol–water partition coefficient (Wildman–Crippen LogP) is 13.0. The van der Waals surface area contributed by atoms with Crippen LogP contribution in [0.25, 0.3) is 90.9 Å². The van der Waals surface area contributed by atoms with E-state index in [1.165, 1.54) is 0 Å². The number of hydrogen-bond donors (Lipinski definition) is 2. The predicted molar refractivity (Wildman–Crippen MR) is 241 cm³/mol. The van der Waals surface area contributed by atoms with Gasteiger partial charge in [0.05, 0.1) is 60.9 Å². The van der Waals surface area contributed by atoms with Crippen molar-refractivity contribution in [3.63, 3.8) is 0 Å². The highest BCUT2D eigenvalue weighted by Crippen LogP contribution is 2.44. The Morgan fingerprint density at radius 1 is 0.603 bits per heavy atom. The number of hydrogen-bond acceptors (Lipinski definition) is 5. The van der Waals surface area contributed by atoms with Gasteiger partial charge in [0.15, 0.2) is 5.92 Å². The summed E-state index contributed by atoms with van der Waals surface area (Å²) >= 11 is 7.96. The van der Waals surface area contributed by atoms with Crippen LogP contribution in [0.5, 0.6) is 0 Å². The van der Waals surface area contributed by atoms with E-state index in [1.54, 1.807) is 6.92 Å². The second-order valence-corrected chi connectivity index (χ2v) is 15.3. The molecule has 1 unspecified atom stereocenters. The van der Waals surface area contributed by atoms with Crippen LogP contribution in [0.4, 0.5) is 0 Å². The number of aromatic amines is 2. The number of nitrogens with zero attached hydrogens (tertiary/aromatic N) is 3. The topological polar surface area (TPSA) is 107 Å². The minimum atomic E-state index is -1.23. The van der Waals surface area contributed by atoms with Gasteiger partial charge in [-0.25, -0.2) is 9.97 Å². The zero-order chi connectivity index (χ0) is 39.8. The van der Waals surface area contributed by atoms with E-state index < -0.39 is 11.9 Å². The molecule has 2 aliphatic rings. The first-order valence-corrected chi connectivity index (χ1v) is 20.4. The van der Waals surface area contributed by atoms with E-state index in [0.29, 0.717) is 28.0 Å². The summed E-state index contributed by atoms with van der Waals surface area (Å²) < 4.78 is 7.19. The Morgan fingerprint density at radius 2 is 0.983 bits per heavy atom. The largest absolute Gasteiger partial charge is 0.465 e. The molecule has 58 heavy (non-hydrogen) atoms. The van der Waals surface area contributed by atoms with E-state index in [-0.39, 0.29) is 6.61 Å². The summed E-state index contributed by atoms with van der Waals surface area (Å²) in [4.78, 5) is 32.0. The molecule has 8 bridgehead atoms. The standard InChI is InChI=1S/C49H33Br2N5O2/c1-2-58-49(57)34(28-52)33-27-39-40(29-15-7-3-8-16-29)35-23-24-37(53-35)42(31-19-11-5-12-20-31)47-44(50)45(51)48(56-47)43(32-21-13-6-14-22-32)38-26-25-36(54-38)41(46(33)55-39)30-17-9-4-10-18-30/h3-27,34,55-56H,2H2,1H3. The van der Waals surface area contributed by atoms with Crippen molar-refractivity contribution in [2.75, 3.05) is 6.61 Å². The van der Waals surface area contributed by atoms with Crippen molar-refractivity contribution in [1.82, 2.24) is 19.9 Å². The molecule has 0 aliphatic carbocycles. The molecule has 3 aromatic heterocycles. The van der Waals surface area contributed by atoms with Gasteiger partial charge in [-0.15, -0.1) is 0 Å². The fraction of sp³-hybridized carbons (Fsp3) is 0.0612. The smallest absolute Gasteiger partial charge is 0.327 e. The number of esters is 1. The van der Waals surface area contributed by atoms with Crippen LogP contribution in [0, 0.1) is 11.3 Å². The molecule has 5 heterocycles. The number of rotatable bonds is 7. The Balaban J connectivity index is 1.56. The Labute approximate surface area is 351 Å². The van der Waals surface area contributed by atoms with Gasteiger partial charge in [0.1, 0.15) is 0 Å². The van der Waals surface area contributed by atoms with Crippen LogP contribution < -0.4 is 0 Å². The average Bonchev–Trinajstić information content (AvgIpc) is 4.08. The summed E-state index contributed by atoms with van der Waals surface area (Å²) in [5.74, 6) is -1.86. The van der Waals surface area contributed by atoms with Gasteiger partial charge >= 0.3 is 5.97 Å². The van der Waals surface area contributed by atoms with E-state index in [9.17, 15) is 10.1 Å². The lowest BCUT2D eigenvalue weighted by atomic mass is 9.95. The average molecular weight is 884 g/mol. The van der Waals surface area contributed by atoms with Crippen LogP contribution in [0.1, 0.15) is 41.2 Å². The molecule has 0 radical (unpaired) electrons. The van der Waals surface area contributed by atoms with Crippen molar-refractivity contribution in [2.24, 2.45) is 0 Å². The third-order valence-corrected chi connectivity index (χ3v) is 12.4. The van der Waals surface area contributed by atoms with Gasteiger partial charge in [-0.3, -0.25) is 4.79 Å². The quantitative estimate of drug-likeness (QED) is 0.155. The van der Waals surface area contributed by atoms with Crippen molar-refractivity contribution in [2.45, 2.75) is 12.8 Å². The zero-order valence-corrected chi connectivity index (χ0v) is 34.3. The monoisotopic (exact) mass is 881 g/mol. The van der Waals surface area contributed by atoms with E-state index in [0.717, 1.165) is 75.9 Å². The van der Waals surface area contributed by atoms with Gasteiger partial charge in [0.25, 0.3) is 0 Å². The lowest BCUT2D eigenvalue weighted by Crippen LogP contribution is -2.14. The summed E-state index contributed by atoms with van der Waals surface area (Å²) in [6, 6.07) is 44.5. The maximum Gasteiger partial charge on any atom is 0.327 e. The molecule has 0 fully saturated rings. The first-order valence-electron chi connectivity index (χ1n) is 18.8. The lowest BCUT2D eigenvalue weighted by molar-refractivity contribution is -0.143. The zero-order valence-electron chi connectivity index (χ0n) is 31.1. The summed E-state index contributed by atoms with van der Waals surface area (Å²) in [6.45, 7) is 1.88. The van der Waals surface area contributed by atoms with Crippen LogP contribution in [0.2, 0.25) is 0 Å². The molecule has 0 saturated heterocycles. The summed E-state index contributed by atoms with van der Waals surface area (Å²) in [7, 11) is 0. The molecule has 9 rings (SSSR count). The molecule has 4 aromatic carbocycles. The number of aromatic nitrogens is 4. The van der Waals surface area contributed by atoms with Crippen LogP contribution in [-0.4, -0.2) is 32.5 Å². The van der Waals surface area contributed by atoms with E-state index >= 15 is 0 Å². The minimum absolute atomic E-state index is 0.137. The molecule has 2 aliphatic heterocycles. The molecule has 2 N–H and O–H groups in total. The van der Waals surface area contributed by atoms with Gasteiger partial charge < -0.3 is 14.7 Å². The molecular weight excluding hydrogens is 850 g/mol. The summed E-state index contributed by atoms with van der Waals surface area (Å²) in [5.41, 5.74) is 13.3. The second-order valence-electron chi connectivity index (χ2n) is 13.7. The number of carbonyl (C=O) groups excluding carboxylic acids is 1. The number of halogens is 2. The van der Waals surface area contributed by atoms with Crippen molar-refractivity contribution in [3.05, 3.63) is 165 Å². The Kier molecular flexibility index (Phi) is 10.0. The Morgan fingerprint density at radius 3 is 1.38 bits per heavy atom. The Hall–Kier alpha value is -6.60. The normalized spacial score (nSPS) is 12.3. The third-order valence-electron chi connectivity index (χ3n) is 10.3. The summed E-state index contributed by atoms with van der Waals surface area (Å²) in [5, 5.41) is 10.7. The number of nitriles is 1. The molecule has 0 spiro atoms. The van der Waals surface area contributed by atoms with Gasteiger partial charge in [0.2, 0.25) is 0 Å². The van der Waals surface area contributed by atoms with Crippen molar-refractivity contribution in [3.8, 4) is 50.6 Å². The first-order chi connectivity index (χ1) is 28.4. The van der Waals surface area contributed by atoms with E-state index in [2.05, 4.69) is 72.2 Å². The molecule has 7 nitrogen and oxygen atoms in total. The number of carbonyl (C=O) groups is 1. The fourth-order valence-corrected chi connectivity index (χ4v) is 8.71. The SMILES string of the molecule is CCOC(=O)C(C#N)c1cc2[nH]c1c(-c1ccccc1)c1nc(c(-c3ccccc3)c3[nH]c(c(Br)c3Br)c(-c3ccccc3)c3nc(c2-c2ccccc2)C=C3)C=C1. The highest BCUT2D eigenvalue weighted by Gasteiger charge is 2.28.